The van der Waals surface area contributed by atoms with Gasteiger partial charge >= 0.3 is 0 Å². The summed E-state index contributed by atoms with van der Waals surface area (Å²) in [4.78, 5) is 27.3. The molecule has 0 unspecified atom stereocenters. The van der Waals surface area contributed by atoms with E-state index in [0.29, 0.717) is 22.8 Å². The minimum absolute atomic E-state index is 0.0295. The summed E-state index contributed by atoms with van der Waals surface area (Å²) in [6, 6.07) is 12.8. The van der Waals surface area contributed by atoms with Crippen LogP contribution in [0.5, 0.6) is 0 Å². The van der Waals surface area contributed by atoms with Crippen molar-refractivity contribution in [2.24, 2.45) is 0 Å². The predicted molar refractivity (Wildman–Crippen MR) is 108 cm³/mol. The van der Waals surface area contributed by atoms with Crippen molar-refractivity contribution in [2.45, 2.75) is 25.8 Å². The van der Waals surface area contributed by atoms with Gasteiger partial charge in [-0.2, -0.15) is 0 Å². The Bertz CT molecular complexity index is 1050. The van der Waals surface area contributed by atoms with E-state index < -0.39 is 5.91 Å². The Morgan fingerprint density at radius 2 is 1.90 bits per heavy atom. The fourth-order valence-electron chi connectivity index (χ4n) is 3.41. The van der Waals surface area contributed by atoms with Crippen molar-refractivity contribution in [2.75, 3.05) is 11.9 Å². The molecule has 0 aliphatic carbocycles. The van der Waals surface area contributed by atoms with Crippen molar-refractivity contribution in [3.8, 4) is 0 Å². The van der Waals surface area contributed by atoms with Gasteiger partial charge < -0.3 is 10.2 Å². The Balaban J connectivity index is 1.50. The highest BCUT2D eigenvalue weighted by Gasteiger charge is 2.34. The van der Waals surface area contributed by atoms with Crippen molar-refractivity contribution >= 4 is 28.8 Å². The van der Waals surface area contributed by atoms with Crippen molar-refractivity contribution in [3.63, 3.8) is 0 Å². The van der Waals surface area contributed by atoms with Gasteiger partial charge in [0.05, 0.1) is 6.04 Å². The second-order valence-corrected chi connectivity index (χ2v) is 7.89. The molecule has 148 valence electrons. The van der Waals surface area contributed by atoms with Gasteiger partial charge in [-0.1, -0.05) is 29.5 Å². The SMILES string of the molecule is Cc1ccccc1C(=O)N1CCC[C@@H]1c1nnc(C(=O)Nc2ccc(F)cc2)s1. The molecule has 1 aliphatic heterocycles. The van der Waals surface area contributed by atoms with Gasteiger partial charge in [-0.3, -0.25) is 9.59 Å². The molecule has 1 aromatic heterocycles. The molecule has 3 aromatic rings. The second-order valence-electron chi connectivity index (χ2n) is 6.88. The molecular formula is C21H19FN4O2S. The molecule has 6 nitrogen and oxygen atoms in total. The summed E-state index contributed by atoms with van der Waals surface area (Å²) in [7, 11) is 0. The average molecular weight is 410 g/mol. The van der Waals surface area contributed by atoms with Crippen molar-refractivity contribution in [3.05, 3.63) is 75.5 Å². The van der Waals surface area contributed by atoms with Gasteiger partial charge in [0.25, 0.3) is 11.8 Å². The topological polar surface area (TPSA) is 75.2 Å². The van der Waals surface area contributed by atoms with E-state index in [1.807, 2.05) is 36.1 Å². The molecule has 1 saturated heterocycles. The van der Waals surface area contributed by atoms with E-state index in [1.54, 1.807) is 0 Å². The quantitative estimate of drug-likeness (QED) is 0.699. The number of rotatable bonds is 4. The monoisotopic (exact) mass is 410 g/mol. The van der Waals surface area contributed by atoms with Crippen LogP contribution in [0.25, 0.3) is 0 Å². The van der Waals surface area contributed by atoms with Crippen molar-refractivity contribution < 1.29 is 14.0 Å². The van der Waals surface area contributed by atoms with Crippen LogP contribution in [0.3, 0.4) is 0 Å². The van der Waals surface area contributed by atoms with E-state index in [2.05, 4.69) is 15.5 Å². The molecule has 0 spiro atoms. The van der Waals surface area contributed by atoms with Crippen LogP contribution >= 0.6 is 11.3 Å². The van der Waals surface area contributed by atoms with Gasteiger partial charge in [0.1, 0.15) is 10.8 Å². The first-order valence-electron chi connectivity index (χ1n) is 9.30. The van der Waals surface area contributed by atoms with Crippen LogP contribution in [0.15, 0.2) is 48.5 Å². The third-order valence-electron chi connectivity index (χ3n) is 4.91. The number of carbonyl (C=O) groups excluding carboxylic acids is 2. The smallest absolute Gasteiger partial charge is 0.286 e. The normalized spacial score (nSPS) is 16.1. The number of aryl methyl sites for hydroxylation is 1. The summed E-state index contributed by atoms with van der Waals surface area (Å²) in [5.41, 5.74) is 2.09. The highest BCUT2D eigenvalue weighted by atomic mass is 32.1. The average Bonchev–Trinajstić information content (AvgIpc) is 3.39. The van der Waals surface area contributed by atoms with Crippen LogP contribution in [0.1, 0.15) is 49.6 Å². The first kappa shape index (κ1) is 19.2. The van der Waals surface area contributed by atoms with E-state index in [1.165, 1.54) is 35.6 Å². The molecule has 1 aliphatic rings. The van der Waals surface area contributed by atoms with E-state index in [0.717, 1.165) is 18.4 Å². The lowest BCUT2D eigenvalue weighted by molar-refractivity contribution is 0.0734. The number of carbonyl (C=O) groups is 2. The highest BCUT2D eigenvalue weighted by molar-refractivity contribution is 7.13. The van der Waals surface area contributed by atoms with Gasteiger partial charge in [0, 0.05) is 17.8 Å². The fourth-order valence-corrected chi connectivity index (χ4v) is 4.30. The lowest BCUT2D eigenvalue weighted by Gasteiger charge is -2.23. The minimum Gasteiger partial charge on any atom is -0.329 e. The molecule has 0 bridgehead atoms. The van der Waals surface area contributed by atoms with Crippen LogP contribution in [-0.2, 0) is 0 Å². The zero-order valence-corrected chi connectivity index (χ0v) is 16.6. The number of nitrogens with zero attached hydrogens (tertiary/aromatic N) is 3. The zero-order valence-electron chi connectivity index (χ0n) is 15.8. The van der Waals surface area contributed by atoms with Crippen molar-refractivity contribution in [1.29, 1.82) is 0 Å². The Kier molecular flexibility index (Phi) is 5.35. The van der Waals surface area contributed by atoms with Crippen LogP contribution in [0.2, 0.25) is 0 Å². The van der Waals surface area contributed by atoms with Crippen LogP contribution in [0.4, 0.5) is 10.1 Å². The number of hydrogen-bond acceptors (Lipinski definition) is 5. The summed E-state index contributed by atoms with van der Waals surface area (Å²) < 4.78 is 13.0. The van der Waals surface area contributed by atoms with Gasteiger partial charge in [0.2, 0.25) is 5.01 Å². The maximum Gasteiger partial charge on any atom is 0.286 e. The van der Waals surface area contributed by atoms with Gasteiger partial charge in [-0.25, -0.2) is 4.39 Å². The molecule has 1 atom stereocenters. The van der Waals surface area contributed by atoms with E-state index in [4.69, 9.17) is 0 Å². The van der Waals surface area contributed by atoms with Crippen LogP contribution in [0, 0.1) is 12.7 Å². The van der Waals surface area contributed by atoms with Gasteiger partial charge in [0.15, 0.2) is 0 Å². The largest absolute Gasteiger partial charge is 0.329 e. The number of hydrogen-bond donors (Lipinski definition) is 1. The minimum atomic E-state index is -0.407. The number of amides is 2. The van der Waals surface area contributed by atoms with E-state index >= 15 is 0 Å². The molecule has 8 heteroatoms. The van der Waals surface area contributed by atoms with Gasteiger partial charge in [-0.05, 0) is 55.7 Å². The summed E-state index contributed by atoms with van der Waals surface area (Å²) in [5.74, 6) is -0.811. The molecule has 2 aromatic carbocycles. The lowest BCUT2D eigenvalue weighted by atomic mass is 10.1. The highest BCUT2D eigenvalue weighted by Crippen LogP contribution is 2.35. The summed E-state index contributed by atoms with van der Waals surface area (Å²) >= 11 is 1.18. The maximum atomic E-state index is 13.0. The fraction of sp³-hybridized carbons (Fsp3) is 0.238. The Hall–Kier alpha value is -3.13. The van der Waals surface area contributed by atoms with E-state index in [9.17, 15) is 14.0 Å². The molecule has 1 N–H and O–H groups in total. The Labute approximate surface area is 171 Å². The van der Waals surface area contributed by atoms with Crippen molar-refractivity contribution in [1.82, 2.24) is 15.1 Å². The third kappa shape index (κ3) is 4.02. The summed E-state index contributed by atoms with van der Waals surface area (Å²) in [6.45, 7) is 2.57. The second kappa shape index (κ2) is 8.08. The molecule has 29 heavy (non-hydrogen) atoms. The molecular weight excluding hydrogens is 391 g/mol. The third-order valence-corrected chi connectivity index (χ3v) is 5.93. The number of halogens is 1. The molecule has 2 heterocycles. The van der Waals surface area contributed by atoms with E-state index in [-0.39, 0.29) is 22.8 Å². The molecule has 2 amide bonds. The van der Waals surface area contributed by atoms with Crippen LogP contribution < -0.4 is 5.32 Å². The molecule has 0 saturated carbocycles. The number of anilines is 1. The standard InChI is InChI=1S/C21H19FN4O2S/c1-13-5-2-3-6-16(13)21(28)26-12-4-7-17(26)19-24-25-20(29-19)18(27)23-15-10-8-14(22)9-11-15/h2-3,5-6,8-11,17H,4,7,12H2,1H3,(H,23,27)/t17-/m1/s1. The molecule has 0 radical (unpaired) electrons. The Morgan fingerprint density at radius 3 is 2.66 bits per heavy atom. The Morgan fingerprint density at radius 1 is 1.14 bits per heavy atom. The first-order valence-corrected chi connectivity index (χ1v) is 10.1. The number of likely N-dealkylation sites (tertiary alicyclic amines) is 1. The molecule has 1 fully saturated rings. The van der Waals surface area contributed by atoms with Gasteiger partial charge in [-0.15, -0.1) is 10.2 Å². The number of nitrogens with one attached hydrogen (secondary N) is 1. The number of aromatic nitrogens is 2. The van der Waals surface area contributed by atoms with Crippen LogP contribution in [-0.4, -0.2) is 33.5 Å². The molecule has 4 rings (SSSR count). The summed E-state index contributed by atoms with van der Waals surface area (Å²) in [6.07, 6.45) is 1.66. The zero-order chi connectivity index (χ0) is 20.4. The first-order chi connectivity index (χ1) is 14.0. The number of benzene rings is 2. The maximum absolute atomic E-state index is 13.0. The predicted octanol–water partition coefficient (Wildman–Crippen LogP) is 4.22. The lowest BCUT2D eigenvalue weighted by Crippen LogP contribution is -2.31. The summed E-state index contributed by atoms with van der Waals surface area (Å²) in [5, 5.41) is 11.7.